The third-order valence-corrected chi connectivity index (χ3v) is 11.7. The third-order valence-electron chi connectivity index (χ3n) is 9.83. The van der Waals surface area contributed by atoms with Gasteiger partial charge in [-0.1, -0.05) is 11.6 Å². The van der Waals surface area contributed by atoms with Crippen LogP contribution in [0, 0.1) is 11.3 Å². The monoisotopic (exact) mass is 769 g/mol. The molecule has 2 heterocycles. The van der Waals surface area contributed by atoms with Crippen LogP contribution in [0.3, 0.4) is 0 Å². The Morgan fingerprint density at radius 2 is 1.81 bits per heavy atom. The van der Waals surface area contributed by atoms with E-state index in [1.807, 2.05) is 12.1 Å². The number of hydrogen-bond acceptors (Lipinski definition) is 13. The Morgan fingerprint density at radius 1 is 1.13 bits per heavy atom. The highest BCUT2D eigenvalue weighted by molar-refractivity contribution is 7.90. The zero-order valence-electron chi connectivity index (χ0n) is 31.6. The number of rotatable bonds is 16. The lowest BCUT2D eigenvalue weighted by atomic mass is 9.91. The molecule has 0 radical (unpaired) electrons. The van der Waals surface area contributed by atoms with Gasteiger partial charge in [0.1, 0.15) is 17.4 Å². The van der Waals surface area contributed by atoms with Crippen molar-refractivity contribution in [1.29, 1.82) is 0 Å². The molecule has 0 spiro atoms. The number of likely N-dealkylation sites (tertiary alicyclic amines) is 1. The largest absolute Gasteiger partial charge is 0.497 e. The number of hydrazine groups is 2. The highest BCUT2D eigenvalue weighted by Gasteiger charge is 2.61. The summed E-state index contributed by atoms with van der Waals surface area (Å²) in [6, 6.07) is 4.34. The van der Waals surface area contributed by atoms with E-state index in [0.717, 1.165) is 11.1 Å². The molecule has 4 N–H and O–H groups in total. The van der Waals surface area contributed by atoms with Crippen LogP contribution < -0.4 is 25.7 Å². The number of amidine groups is 1. The van der Waals surface area contributed by atoms with E-state index in [-0.39, 0.29) is 44.4 Å². The Morgan fingerprint density at radius 3 is 2.39 bits per heavy atom. The van der Waals surface area contributed by atoms with Gasteiger partial charge in [-0.25, -0.2) is 18.7 Å². The van der Waals surface area contributed by atoms with Gasteiger partial charge in [0, 0.05) is 24.9 Å². The third kappa shape index (κ3) is 9.66. The minimum absolute atomic E-state index is 0.00475. The quantitative estimate of drug-likeness (QED) is 0.142. The average Bonchev–Trinajstić information content (AvgIpc) is 3.97. The van der Waals surface area contributed by atoms with Crippen molar-refractivity contribution in [3.63, 3.8) is 0 Å². The number of carbonyl (C=O) groups excluding carboxylic acids is 5. The van der Waals surface area contributed by atoms with E-state index in [0.29, 0.717) is 24.4 Å². The molecule has 3 fully saturated rings. The molecule has 1 aromatic rings. The fraction of sp³-hybridized carbons (Fsp3) is 0.568. The SMILES string of the molecule is C=C[C@H]1CC1(CC(=O)[C@@H]1C[C@@H](N2NN=C(c3ccc(OC)cc3)N2)CN1C(=O)C(CCC(=O)C=C(C)C)NC(=O)OC(C)(C)C)C(=O)NS(=O)(=O)C1CC1. The number of nitrogens with zero attached hydrogens (tertiary/aromatic N) is 3. The highest BCUT2D eigenvalue weighted by Crippen LogP contribution is 2.57. The molecule has 0 bridgehead atoms. The Bertz CT molecular complexity index is 1830. The van der Waals surface area contributed by atoms with Gasteiger partial charge in [-0.3, -0.25) is 29.3 Å². The van der Waals surface area contributed by atoms with Crippen molar-refractivity contribution >= 4 is 45.3 Å². The number of hydrazone groups is 1. The standard InChI is InChI=1S/C37H51N7O9S/c1-8-24-19-37(24,34(48)41-54(50,51)28-14-15-28)20-31(46)30-18-25(44-40-32(39-42-44)23-9-12-27(52-7)13-10-23)21-43(30)33(47)29(16-11-26(45)17-22(2)3)38-35(49)53-36(4,5)6/h8-10,12-13,17,24-25,28-30,42H,1,11,14-16,18-21H2,2-7H3,(H,38,49)(H,39,40)(H,41,48)/t24-,25+,29?,30-,37?/m0/s1. The number of ether oxygens (including phenoxy) is 2. The fourth-order valence-corrected chi connectivity index (χ4v) is 8.15. The predicted octanol–water partition coefficient (Wildman–Crippen LogP) is 2.62. The topological polar surface area (TPSA) is 205 Å². The molecule has 5 atom stereocenters. The molecule has 5 rings (SSSR count). The number of Topliss-reactive ketones (excluding diaryl/α,β-unsaturated/α-hetero) is 1. The molecule has 17 heteroatoms. The normalized spacial score (nSPS) is 24.2. The van der Waals surface area contributed by atoms with E-state index < -0.39 is 74.0 Å². The van der Waals surface area contributed by atoms with E-state index >= 15 is 0 Å². The van der Waals surface area contributed by atoms with Crippen LogP contribution in [-0.2, 0) is 33.9 Å². The second-order valence-electron chi connectivity index (χ2n) is 15.6. The summed E-state index contributed by atoms with van der Waals surface area (Å²) in [5.74, 6) is -1.37. The van der Waals surface area contributed by atoms with Crippen LogP contribution in [0.5, 0.6) is 5.75 Å². The van der Waals surface area contributed by atoms with E-state index in [2.05, 4.69) is 32.7 Å². The number of benzene rings is 1. The molecular weight excluding hydrogens is 719 g/mol. The average molecular weight is 770 g/mol. The molecule has 16 nitrogen and oxygen atoms in total. The minimum Gasteiger partial charge on any atom is -0.497 e. The van der Waals surface area contributed by atoms with Crippen molar-refractivity contribution in [2.24, 2.45) is 16.4 Å². The number of sulfonamides is 1. The second-order valence-corrected chi connectivity index (χ2v) is 17.6. The van der Waals surface area contributed by atoms with Crippen molar-refractivity contribution in [2.45, 2.75) is 109 Å². The molecule has 1 aromatic carbocycles. The maximum absolute atomic E-state index is 14.5. The predicted molar refractivity (Wildman–Crippen MR) is 199 cm³/mol. The van der Waals surface area contributed by atoms with Gasteiger partial charge in [0.2, 0.25) is 21.8 Å². The van der Waals surface area contributed by atoms with Gasteiger partial charge in [0.15, 0.2) is 17.4 Å². The zero-order valence-corrected chi connectivity index (χ0v) is 32.5. The van der Waals surface area contributed by atoms with Gasteiger partial charge in [-0.05, 0) is 103 Å². The summed E-state index contributed by atoms with van der Waals surface area (Å²) >= 11 is 0. The van der Waals surface area contributed by atoms with Crippen molar-refractivity contribution in [3.05, 3.63) is 54.1 Å². The van der Waals surface area contributed by atoms with Crippen LogP contribution in [-0.4, -0.2) is 96.4 Å². The van der Waals surface area contributed by atoms with Crippen LogP contribution in [0.15, 0.2) is 53.7 Å². The first kappa shape index (κ1) is 40.4. The number of methoxy groups -OCH3 is 1. The first-order chi connectivity index (χ1) is 25.4. The number of carbonyl (C=O) groups is 5. The van der Waals surface area contributed by atoms with Crippen LogP contribution in [0.4, 0.5) is 4.79 Å². The van der Waals surface area contributed by atoms with Crippen LogP contribution >= 0.6 is 0 Å². The lowest BCUT2D eigenvalue weighted by Crippen LogP contribution is -2.54. The van der Waals surface area contributed by atoms with Gasteiger partial charge >= 0.3 is 6.09 Å². The van der Waals surface area contributed by atoms with Crippen molar-refractivity contribution < 1.29 is 41.9 Å². The molecule has 2 saturated carbocycles. The molecule has 4 aliphatic rings. The van der Waals surface area contributed by atoms with E-state index in [1.165, 1.54) is 17.1 Å². The van der Waals surface area contributed by atoms with Gasteiger partial charge < -0.3 is 19.7 Å². The van der Waals surface area contributed by atoms with Crippen LogP contribution in [0.2, 0.25) is 0 Å². The fourth-order valence-electron chi connectivity index (χ4n) is 6.76. The Kier molecular flexibility index (Phi) is 11.9. The molecule has 1 saturated heterocycles. The Hall–Kier alpha value is -4.77. The molecule has 2 aliphatic carbocycles. The summed E-state index contributed by atoms with van der Waals surface area (Å²) in [7, 11) is -2.32. The second kappa shape index (κ2) is 15.9. The molecular formula is C37H51N7O9S. The number of nitrogens with one attached hydrogen (secondary N) is 4. The molecule has 3 amide bonds. The Balaban J connectivity index is 1.40. The smallest absolute Gasteiger partial charge is 0.408 e. The van der Waals surface area contributed by atoms with Gasteiger partial charge in [-0.15, -0.1) is 16.8 Å². The lowest BCUT2D eigenvalue weighted by molar-refractivity contribution is -0.140. The zero-order chi connectivity index (χ0) is 39.6. The number of ketones is 2. The number of allylic oxidation sites excluding steroid dienone is 3. The van der Waals surface area contributed by atoms with Gasteiger partial charge in [0.25, 0.3) is 0 Å². The maximum Gasteiger partial charge on any atom is 0.408 e. The summed E-state index contributed by atoms with van der Waals surface area (Å²) in [6.07, 6.45) is 2.89. The van der Waals surface area contributed by atoms with E-state index in [4.69, 9.17) is 9.47 Å². The number of amides is 3. The molecule has 294 valence electrons. The maximum atomic E-state index is 14.5. The highest BCUT2D eigenvalue weighted by atomic mass is 32.2. The first-order valence-electron chi connectivity index (χ1n) is 18.1. The van der Waals surface area contributed by atoms with Crippen molar-refractivity contribution in [3.8, 4) is 5.75 Å². The van der Waals surface area contributed by atoms with E-state index in [9.17, 15) is 32.4 Å². The van der Waals surface area contributed by atoms with Gasteiger partial charge in [0.05, 0.1) is 29.9 Å². The molecule has 0 aromatic heterocycles. The summed E-state index contributed by atoms with van der Waals surface area (Å²) in [6.45, 7) is 12.4. The number of hydrogen-bond donors (Lipinski definition) is 4. The summed E-state index contributed by atoms with van der Waals surface area (Å²) in [4.78, 5) is 69.5. The Labute approximate surface area is 316 Å². The number of alkyl carbamates (subject to hydrolysis) is 1. The summed E-state index contributed by atoms with van der Waals surface area (Å²) < 4.78 is 38.3. The van der Waals surface area contributed by atoms with Crippen LogP contribution in [0.1, 0.15) is 85.1 Å². The van der Waals surface area contributed by atoms with Crippen LogP contribution in [0.25, 0.3) is 0 Å². The van der Waals surface area contributed by atoms with Crippen molar-refractivity contribution in [2.75, 3.05) is 13.7 Å². The molecule has 2 aliphatic heterocycles. The minimum atomic E-state index is -3.89. The summed E-state index contributed by atoms with van der Waals surface area (Å²) in [5.41, 5.74) is 5.41. The lowest BCUT2D eigenvalue weighted by Gasteiger charge is -2.30. The first-order valence-corrected chi connectivity index (χ1v) is 19.6. The molecule has 2 unspecified atom stereocenters. The molecule has 54 heavy (non-hydrogen) atoms. The van der Waals surface area contributed by atoms with E-state index in [1.54, 1.807) is 59.0 Å². The van der Waals surface area contributed by atoms with Gasteiger partial charge in [-0.2, -0.15) is 0 Å². The summed E-state index contributed by atoms with van der Waals surface area (Å²) in [5, 5.41) is 7.95. The van der Waals surface area contributed by atoms with Crippen molar-refractivity contribution in [1.82, 2.24) is 31.0 Å².